The van der Waals surface area contributed by atoms with Crippen LogP contribution in [0.3, 0.4) is 0 Å². The molecule has 0 heterocycles. The third kappa shape index (κ3) is 49.1. The molecule has 0 rings (SSSR count). The Morgan fingerprint density at radius 3 is 1.38 bits per heavy atom. The Balaban J connectivity index is 3.96. The molecule has 2 atom stereocenters. The normalized spacial score (nSPS) is 13.8. The number of esters is 1. The number of unbranched alkanes of at least 4 members (excludes halogenated alkanes) is 25. The minimum Gasteiger partial charge on any atom is -0.457 e. The fourth-order valence-electron chi connectivity index (χ4n) is 7.02. The molecule has 0 aliphatic heterocycles. The maximum Gasteiger partial charge on any atom is 0.472 e. The lowest BCUT2D eigenvalue weighted by Gasteiger charge is -2.20. The van der Waals surface area contributed by atoms with E-state index in [0.29, 0.717) is 13.0 Å². The molecule has 0 bridgehead atoms. The second-order valence-electron chi connectivity index (χ2n) is 16.7. The topological polar surface area (TPSA) is 117 Å². The van der Waals surface area contributed by atoms with Crippen molar-refractivity contribution < 1.29 is 32.8 Å². The van der Waals surface area contributed by atoms with Gasteiger partial charge in [0.15, 0.2) is 0 Å². The fraction of sp³-hybridized carbons (Fsp3) is 0.788. The van der Waals surface area contributed by atoms with Crippen LogP contribution < -0.4 is 5.73 Å². The van der Waals surface area contributed by atoms with Crippen molar-refractivity contribution in [1.29, 1.82) is 0 Å². The van der Waals surface area contributed by atoms with Crippen molar-refractivity contribution in [2.75, 3.05) is 33.0 Å². The zero-order chi connectivity index (χ0) is 44.4. The molecule has 9 heteroatoms. The van der Waals surface area contributed by atoms with E-state index in [9.17, 15) is 14.3 Å². The largest absolute Gasteiger partial charge is 0.472 e. The Kier molecular flexibility index (Phi) is 47.8. The van der Waals surface area contributed by atoms with Gasteiger partial charge in [0, 0.05) is 19.6 Å². The van der Waals surface area contributed by atoms with E-state index in [-0.39, 0.29) is 32.3 Å². The number of ether oxygens (including phenoxy) is 2. The predicted molar refractivity (Wildman–Crippen MR) is 261 cm³/mol. The number of hydrogen-bond donors (Lipinski definition) is 2. The van der Waals surface area contributed by atoms with E-state index in [0.717, 1.165) is 70.6 Å². The average Bonchev–Trinajstić information content (AvgIpc) is 3.25. The van der Waals surface area contributed by atoms with Crippen molar-refractivity contribution in [3.8, 4) is 0 Å². The van der Waals surface area contributed by atoms with Crippen LogP contribution in [0.15, 0.2) is 60.8 Å². The first-order valence-electron chi connectivity index (χ1n) is 25.3. The Morgan fingerprint density at radius 1 is 0.508 bits per heavy atom. The van der Waals surface area contributed by atoms with E-state index in [1.54, 1.807) is 0 Å². The van der Waals surface area contributed by atoms with Gasteiger partial charge in [-0.3, -0.25) is 13.8 Å². The van der Waals surface area contributed by atoms with Crippen LogP contribution in [0.4, 0.5) is 0 Å². The summed E-state index contributed by atoms with van der Waals surface area (Å²) in [4.78, 5) is 22.6. The van der Waals surface area contributed by atoms with Crippen LogP contribution in [-0.2, 0) is 27.9 Å². The number of nitrogens with two attached hydrogens (primary N) is 1. The van der Waals surface area contributed by atoms with Gasteiger partial charge in [0.25, 0.3) is 0 Å². The molecule has 0 radical (unpaired) electrons. The lowest BCUT2D eigenvalue weighted by Crippen LogP contribution is -2.28. The highest BCUT2D eigenvalue weighted by molar-refractivity contribution is 7.47. The summed E-state index contributed by atoms with van der Waals surface area (Å²) in [5.41, 5.74) is 5.39. The van der Waals surface area contributed by atoms with E-state index in [1.807, 2.05) is 0 Å². The second-order valence-corrected chi connectivity index (χ2v) is 18.1. The molecule has 0 amide bonds. The van der Waals surface area contributed by atoms with Crippen LogP contribution in [-0.4, -0.2) is 49.9 Å². The van der Waals surface area contributed by atoms with Crippen molar-refractivity contribution in [3.63, 3.8) is 0 Å². The first-order valence-corrected chi connectivity index (χ1v) is 26.8. The van der Waals surface area contributed by atoms with E-state index in [1.165, 1.54) is 135 Å². The summed E-state index contributed by atoms with van der Waals surface area (Å²) in [5, 5.41) is 0. The molecule has 0 aromatic rings. The van der Waals surface area contributed by atoms with Gasteiger partial charge in [-0.2, -0.15) is 0 Å². The quantitative estimate of drug-likeness (QED) is 0.0269. The molecule has 0 aromatic carbocycles. The van der Waals surface area contributed by atoms with Crippen LogP contribution in [0, 0.1) is 0 Å². The van der Waals surface area contributed by atoms with Gasteiger partial charge in [-0.15, -0.1) is 0 Å². The van der Waals surface area contributed by atoms with Gasteiger partial charge >= 0.3 is 13.8 Å². The highest BCUT2D eigenvalue weighted by Crippen LogP contribution is 2.43. The number of rotatable bonds is 48. The van der Waals surface area contributed by atoms with E-state index < -0.39 is 13.9 Å². The molecule has 8 nitrogen and oxygen atoms in total. The van der Waals surface area contributed by atoms with Crippen LogP contribution in [0.1, 0.15) is 226 Å². The van der Waals surface area contributed by atoms with Gasteiger partial charge in [0.2, 0.25) is 0 Å². The van der Waals surface area contributed by atoms with Crippen molar-refractivity contribution in [1.82, 2.24) is 0 Å². The van der Waals surface area contributed by atoms with Crippen LogP contribution >= 0.6 is 7.82 Å². The van der Waals surface area contributed by atoms with Gasteiger partial charge in [-0.1, -0.05) is 222 Å². The molecule has 0 aliphatic rings. The molecule has 0 saturated heterocycles. The molecule has 0 fully saturated rings. The Morgan fingerprint density at radius 2 is 0.918 bits per heavy atom. The first kappa shape index (κ1) is 59.2. The summed E-state index contributed by atoms with van der Waals surface area (Å²) in [6, 6.07) is 0. The molecular weight excluding hydrogens is 782 g/mol. The van der Waals surface area contributed by atoms with Gasteiger partial charge in [-0.25, -0.2) is 4.57 Å². The van der Waals surface area contributed by atoms with Crippen molar-refractivity contribution in [2.45, 2.75) is 232 Å². The second kappa shape index (κ2) is 49.2. The summed E-state index contributed by atoms with van der Waals surface area (Å²) >= 11 is 0. The Hall–Kier alpha value is -1.80. The average molecular weight is 878 g/mol. The van der Waals surface area contributed by atoms with Crippen molar-refractivity contribution in [3.05, 3.63) is 60.8 Å². The smallest absolute Gasteiger partial charge is 0.457 e. The van der Waals surface area contributed by atoms with E-state index in [2.05, 4.69) is 74.6 Å². The van der Waals surface area contributed by atoms with Crippen molar-refractivity contribution >= 4 is 13.8 Å². The third-order valence-electron chi connectivity index (χ3n) is 10.7. The molecule has 356 valence electrons. The van der Waals surface area contributed by atoms with Crippen LogP contribution in [0.5, 0.6) is 0 Å². The molecular formula is C52H96NO7P. The zero-order valence-electron chi connectivity index (χ0n) is 39.6. The van der Waals surface area contributed by atoms with E-state index in [4.69, 9.17) is 24.3 Å². The number of carbonyl (C=O) groups excluding carboxylic acids is 1. The zero-order valence-corrected chi connectivity index (χ0v) is 40.5. The molecule has 0 aliphatic carbocycles. The van der Waals surface area contributed by atoms with Crippen LogP contribution in [0.2, 0.25) is 0 Å². The minimum atomic E-state index is -4.28. The van der Waals surface area contributed by atoms with Gasteiger partial charge in [-0.05, 0) is 57.8 Å². The summed E-state index contributed by atoms with van der Waals surface area (Å²) in [6.07, 6.45) is 61.0. The summed E-state index contributed by atoms with van der Waals surface area (Å²) < 4.78 is 33.6. The van der Waals surface area contributed by atoms with Gasteiger partial charge in [0.05, 0.1) is 19.8 Å². The molecule has 3 N–H and O–H groups in total. The number of phosphoric acid groups is 1. The van der Waals surface area contributed by atoms with E-state index >= 15 is 0 Å². The van der Waals surface area contributed by atoms with Crippen LogP contribution in [0.25, 0.3) is 0 Å². The maximum atomic E-state index is 12.7. The van der Waals surface area contributed by atoms with Gasteiger partial charge < -0.3 is 20.1 Å². The maximum absolute atomic E-state index is 12.7. The number of carbonyl (C=O) groups is 1. The minimum absolute atomic E-state index is 0.0974. The summed E-state index contributed by atoms with van der Waals surface area (Å²) in [7, 11) is -4.28. The molecule has 61 heavy (non-hydrogen) atoms. The lowest BCUT2D eigenvalue weighted by atomic mass is 10.0. The Bertz CT molecular complexity index is 1120. The monoisotopic (exact) mass is 878 g/mol. The number of hydrogen-bond acceptors (Lipinski definition) is 7. The highest BCUT2D eigenvalue weighted by Gasteiger charge is 2.25. The summed E-state index contributed by atoms with van der Waals surface area (Å²) in [5.74, 6) is -0.335. The molecule has 2 unspecified atom stereocenters. The first-order chi connectivity index (χ1) is 29.9. The molecule has 0 aromatic heterocycles. The standard InChI is InChI=1S/C52H96NO7P/c1-3-5-7-9-11-13-15-17-19-21-22-23-24-25-26-27-28-29-31-33-35-37-39-41-43-45-52(54)60-51(50-59-61(55,56)58-48-46-53)49-57-47-44-42-40-38-36-34-32-30-20-18-16-14-12-10-8-6-4-2/h5,7,11,13,17,19,22-23,25-26,51H,3-4,6,8-10,12,14-16,18,20-21,24,27-50,53H2,1-2H3,(H,55,56)/b7-5-,13-11-,19-17-,23-22-,26-25-. The lowest BCUT2D eigenvalue weighted by molar-refractivity contribution is -0.154. The Labute approximate surface area is 376 Å². The highest BCUT2D eigenvalue weighted by atomic mass is 31.2. The van der Waals surface area contributed by atoms with Crippen molar-refractivity contribution in [2.24, 2.45) is 5.73 Å². The fourth-order valence-corrected chi connectivity index (χ4v) is 7.79. The predicted octanol–water partition coefficient (Wildman–Crippen LogP) is 15.7. The SMILES string of the molecule is CC/C=C\C/C=C\C/C=C\C/C=C\C/C=C\CCCCCCCCCCCC(=O)OC(COCCCCCCCCCCCCCCCCCCC)COP(=O)(O)OCCN. The summed E-state index contributed by atoms with van der Waals surface area (Å²) in [6.45, 7) is 4.83. The number of allylic oxidation sites excluding steroid dienone is 10. The van der Waals surface area contributed by atoms with Gasteiger partial charge in [0.1, 0.15) is 6.10 Å². The third-order valence-corrected chi connectivity index (χ3v) is 11.7. The molecule has 0 saturated carbocycles. The number of phosphoric ester groups is 1. The molecule has 0 spiro atoms.